The second kappa shape index (κ2) is 3.04. The zero-order valence-corrected chi connectivity index (χ0v) is 8.88. The third kappa shape index (κ3) is 1.39. The smallest absolute Gasteiger partial charge is 0.136 e. The summed E-state index contributed by atoms with van der Waals surface area (Å²) in [7, 11) is 0. The number of fused-ring (bicyclic) bond motifs is 1. The molecule has 0 radical (unpaired) electrons. The zero-order valence-electron chi connectivity index (χ0n) is 8.88. The highest BCUT2D eigenvalue weighted by Crippen LogP contribution is 2.59. The van der Waals surface area contributed by atoms with E-state index in [1.54, 1.807) is 0 Å². The van der Waals surface area contributed by atoms with E-state index in [4.69, 9.17) is 9.84 Å². The van der Waals surface area contributed by atoms with E-state index in [-0.39, 0.29) is 23.5 Å². The first-order valence-electron chi connectivity index (χ1n) is 5.28. The number of hydrogen-bond acceptors (Lipinski definition) is 3. The molecule has 1 aliphatic carbocycles. The number of hydrogen-bond donors (Lipinski definition) is 1. The summed E-state index contributed by atoms with van der Waals surface area (Å²) in [6, 6.07) is 0. The highest BCUT2D eigenvalue weighted by atomic mass is 16.5. The number of Topliss-reactive ketones (excluding diaryl/α,β-unsaturated/α-hetero) is 1. The molecule has 0 aromatic rings. The predicted molar refractivity (Wildman–Crippen MR) is 51.9 cm³/mol. The first kappa shape index (κ1) is 10.1. The van der Waals surface area contributed by atoms with Gasteiger partial charge in [0.2, 0.25) is 0 Å². The fraction of sp³-hybridized carbons (Fsp3) is 0.909. The molecule has 1 saturated carbocycles. The van der Waals surface area contributed by atoms with Gasteiger partial charge in [-0.15, -0.1) is 0 Å². The van der Waals surface area contributed by atoms with Gasteiger partial charge in [0.15, 0.2) is 0 Å². The van der Waals surface area contributed by atoms with Crippen LogP contribution in [0.4, 0.5) is 0 Å². The molecule has 3 heteroatoms. The predicted octanol–water partition coefficient (Wildman–Crippen LogP) is 1.14. The van der Waals surface area contributed by atoms with Crippen molar-refractivity contribution in [2.45, 2.75) is 38.7 Å². The Morgan fingerprint density at radius 2 is 2.14 bits per heavy atom. The van der Waals surface area contributed by atoms with Crippen LogP contribution in [0.1, 0.15) is 33.1 Å². The summed E-state index contributed by atoms with van der Waals surface area (Å²) in [5.41, 5.74) is -0.207. The lowest BCUT2D eigenvalue weighted by atomic mass is 9.60. The van der Waals surface area contributed by atoms with Crippen LogP contribution < -0.4 is 0 Å². The standard InChI is InChI=1S/C11H18O3/c1-8(2)9(13)3-10-4-11(5-10,6-12)14-7-10/h8,12H,3-7H2,1-2H3. The Bertz CT molecular complexity index is 251. The number of rotatable bonds is 4. The number of ether oxygens (including phenoxy) is 1. The van der Waals surface area contributed by atoms with Crippen molar-refractivity contribution in [2.24, 2.45) is 11.3 Å². The Kier molecular flexibility index (Phi) is 2.20. The Hall–Kier alpha value is -0.410. The van der Waals surface area contributed by atoms with Gasteiger partial charge in [0.1, 0.15) is 5.78 Å². The summed E-state index contributed by atoms with van der Waals surface area (Å²) < 4.78 is 5.55. The van der Waals surface area contributed by atoms with Crippen molar-refractivity contribution in [2.75, 3.05) is 13.2 Å². The molecule has 14 heavy (non-hydrogen) atoms. The lowest BCUT2D eigenvalue weighted by Crippen LogP contribution is -2.47. The summed E-state index contributed by atoms with van der Waals surface area (Å²) in [5.74, 6) is 0.441. The molecule has 1 N–H and O–H groups in total. The molecule has 3 fully saturated rings. The van der Waals surface area contributed by atoms with E-state index in [0.29, 0.717) is 18.8 Å². The second-order valence-electron chi connectivity index (χ2n) is 5.28. The molecule has 3 aliphatic rings. The minimum absolute atomic E-state index is 0.0735. The molecular formula is C11H18O3. The minimum Gasteiger partial charge on any atom is -0.393 e. The third-order valence-electron chi connectivity index (χ3n) is 3.56. The van der Waals surface area contributed by atoms with Crippen molar-refractivity contribution < 1.29 is 14.6 Å². The maximum absolute atomic E-state index is 11.6. The van der Waals surface area contributed by atoms with Gasteiger partial charge in [-0.05, 0) is 12.8 Å². The molecular weight excluding hydrogens is 180 g/mol. The van der Waals surface area contributed by atoms with Gasteiger partial charge in [0.05, 0.1) is 18.8 Å². The average Bonchev–Trinajstić information content (AvgIpc) is 2.59. The first-order chi connectivity index (χ1) is 6.51. The van der Waals surface area contributed by atoms with Crippen LogP contribution in [-0.2, 0) is 9.53 Å². The van der Waals surface area contributed by atoms with E-state index in [2.05, 4.69) is 0 Å². The Morgan fingerprint density at radius 3 is 2.57 bits per heavy atom. The average molecular weight is 198 g/mol. The normalized spacial score (nSPS) is 40.0. The summed E-state index contributed by atoms with van der Waals surface area (Å²) in [6.07, 6.45) is 2.37. The Morgan fingerprint density at radius 1 is 1.50 bits per heavy atom. The first-order valence-corrected chi connectivity index (χ1v) is 5.28. The summed E-state index contributed by atoms with van der Waals surface area (Å²) >= 11 is 0. The van der Waals surface area contributed by atoms with Gasteiger partial charge in [-0.25, -0.2) is 0 Å². The van der Waals surface area contributed by atoms with Gasteiger partial charge in [0.25, 0.3) is 0 Å². The number of aliphatic hydroxyl groups excluding tert-OH is 1. The van der Waals surface area contributed by atoms with Crippen molar-refractivity contribution in [3.05, 3.63) is 0 Å². The van der Waals surface area contributed by atoms with Gasteiger partial charge in [0, 0.05) is 17.8 Å². The van der Waals surface area contributed by atoms with Crippen LogP contribution in [0, 0.1) is 11.3 Å². The SMILES string of the molecule is CC(C)C(=O)CC12COC(CO)(C1)C2. The van der Waals surface area contributed by atoms with Crippen LogP contribution in [-0.4, -0.2) is 29.7 Å². The van der Waals surface area contributed by atoms with E-state index in [9.17, 15) is 4.79 Å². The molecule has 80 valence electrons. The monoisotopic (exact) mass is 198 g/mol. The summed E-state index contributed by atoms with van der Waals surface area (Å²) in [6.45, 7) is 4.64. The van der Waals surface area contributed by atoms with Gasteiger partial charge >= 0.3 is 0 Å². The lowest BCUT2D eigenvalue weighted by Gasteiger charge is -2.43. The fourth-order valence-corrected chi connectivity index (χ4v) is 2.73. The van der Waals surface area contributed by atoms with Gasteiger partial charge in [-0.2, -0.15) is 0 Å². The molecule has 2 aliphatic heterocycles. The topological polar surface area (TPSA) is 46.5 Å². The van der Waals surface area contributed by atoms with Crippen LogP contribution in [0.25, 0.3) is 0 Å². The number of carbonyl (C=O) groups is 1. The molecule has 0 amide bonds. The number of carbonyl (C=O) groups excluding carboxylic acids is 1. The lowest BCUT2D eigenvalue weighted by molar-refractivity contribution is -0.126. The van der Waals surface area contributed by atoms with Gasteiger partial charge < -0.3 is 9.84 Å². The highest BCUT2D eigenvalue weighted by Gasteiger charge is 2.62. The number of ketones is 1. The van der Waals surface area contributed by atoms with Crippen LogP contribution in [0.3, 0.4) is 0 Å². The molecule has 0 aromatic heterocycles. The zero-order chi connectivity index (χ0) is 10.4. The van der Waals surface area contributed by atoms with E-state index in [1.807, 2.05) is 13.8 Å². The quantitative estimate of drug-likeness (QED) is 0.737. The Balaban J connectivity index is 1.94. The third-order valence-corrected chi connectivity index (χ3v) is 3.56. The molecule has 2 heterocycles. The number of aliphatic hydroxyl groups is 1. The van der Waals surface area contributed by atoms with Crippen molar-refractivity contribution in [1.82, 2.24) is 0 Å². The van der Waals surface area contributed by atoms with E-state index >= 15 is 0 Å². The van der Waals surface area contributed by atoms with Crippen molar-refractivity contribution in [1.29, 1.82) is 0 Å². The van der Waals surface area contributed by atoms with E-state index in [0.717, 1.165) is 12.8 Å². The van der Waals surface area contributed by atoms with E-state index in [1.165, 1.54) is 0 Å². The van der Waals surface area contributed by atoms with Gasteiger partial charge in [-0.3, -0.25) is 4.79 Å². The molecule has 0 unspecified atom stereocenters. The molecule has 0 aromatic carbocycles. The highest BCUT2D eigenvalue weighted by molar-refractivity contribution is 5.81. The molecule has 0 atom stereocenters. The fourth-order valence-electron chi connectivity index (χ4n) is 2.73. The molecule has 0 spiro atoms. The summed E-state index contributed by atoms with van der Waals surface area (Å²) in [5, 5.41) is 9.11. The van der Waals surface area contributed by atoms with Crippen molar-refractivity contribution >= 4 is 5.78 Å². The maximum Gasteiger partial charge on any atom is 0.136 e. The largest absolute Gasteiger partial charge is 0.393 e. The second-order valence-corrected chi connectivity index (χ2v) is 5.28. The van der Waals surface area contributed by atoms with Crippen LogP contribution in [0.15, 0.2) is 0 Å². The minimum atomic E-state index is -0.280. The Labute approximate surface area is 84.4 Å². The van der Waals surface area contributed by atoms with E-state index < -0.39 is 0 Å². The maximum atomic E-state index is 11.6. The molecule has 3 nitrogen and oxygen atoms in total. The van der Waals surface area contributed by atoms with Crippen LogP contribution in [0.2, 0.25) is 0 Å². The van der Waals surface area contributed by atoms with Crippen molar-refractivity contribution in [3.63, 3.8) is 0 Å². The molecule has 3 rings (SSSR count). The van der Waals surface area contributed by atoms with Crippen LogP contribution >= 0.6 is 0 Å². The summed E-state index contributed by atoms with van der Waals surface area (Å²) in [4.78, 5) is 11.6. The molecule has 2 bridgehead atoms. The van der Waals surface area contributed by atoms with Gasteiger partial charge in [-0.1, -0.05) is 13.8 Å². The molecule has 2 saturated heterocycles. The van der Waals surface area contributed by atoms with Crippen LogP contribution in [0.5, 0.6) is 0 Å². The van der Waals surface area contributed by atoms with Crippen molar-refractivity contribution in [3.8, 4) is 0 Å².